The zero-order valence-corrected chi connectivity index (χ0v) is 20.6. The van der Waals surface area contributed by atoms with E-state index in [0.29, 0.717) is 11.8 Å². The summed E-state index contributed by atoms with van der Waals surface area (Å²) in [6, 6.07) is 29.3. The average molecular weight is 473 g/mol. The van der Waals surface area contributed by atoms with Gasteiger partial charge in [-0.25, -0.2) is 0 Å². The maximum absolute atomic E-state index is 6.43. The maximum Gasteiger partial charge on any atom is 0.248 e. The van der Waals surface area contributed by atoms with E-state index in [9.17, 15) is 0 Å². The summed E-state index contributed by atoms with van der Waals surface area (Å²) in [6.07, 6.45) is 4.34. The van der Waals surface area contributed by atoms with Gasteiger partial charge >= 0.3 is 0 Å². The van der Waals surface area contributed by atoms with Crippen LogP contribution < -0.4 is 0 Å². The molecular formula is C32H28N2O2. The van der Waals surface area contributed by atoms with E-state index in [1.807, 2.05) is 42.5 Å². The predicted octanol–water partition coefficient (Wildman–Crippen LogP) is 8.88. The fourth-order valence-corrected chi connectivity index (χ4v) is 4.91. The van der Waals surface area contributed by atoms with Gasteiger partial charge in [0.05, 0.1) is 0 Å². The minimum absolute atomic E-state index is 0.512. The molecule has 0 amide bonds. The number of aryl methyl sites for hydroxylation is 2. The van der Waals surface area contributed by atoms with Crippen LogP contribution in [0.15, 0.2) is 93.8 Å². The van der Waals surface area contributed by atoms with E-state index in [4.69, 9.17) is 8.83 Å². The Kier molecular flexibility index (Phi) is 5.86. The summed E-state index contributed by atoms with van der Waals surface area (Å²) in [7, 11) is 0. The first kappa shape index (κ1) is 22.3. The second kappa shape index (κ2) is 9.46. The second-order valence-corrected chi connectivity index (χ2v) is 9.31. The summed E-state index contributed by atoms with van der Waals surface area (Å²) in [4.78, 5) is 0. The Labute approximate surface area is 210 Å². The smallest absolute Gasteiger partial charge is 0.248 e. The van der Waals surface area contributed by atoms with Crippen molar-refractivity contribution in [2.24, 2.45) is 0 Å². The van der Waals surface area contributed by atoms with Crippen molar-refractivity contribution in [3.8, 4) is 34.0 Å². The van der Waals surface area contributed by atoms with Crippen LogP contribution in [0.25, 0.3) is 56.0 Å². The van der Waals surface area contributed by atoms with Crippen LogP contribution in [0, 0.1) is 0 Å². The molecule has 178 valence electrons. The van der Waals surface area contributed by atoms with Crippen molar-refractivity contribution in [1.29, 1.82) is 0 Å². The number of hydrogen-bond donors (Lipinski definition) is 0. The molecule has 0 aliphatic carbocycles. The van der Waals surface area contributed by atoms with E-state index in [1.165, 1.54) is 21.9 Å². The Morgan fingerprint density at radius 2 is 1.22 bits per heavy atom. The van der Waals surface area contributed by atoms with Crippen LogP contribution in [0.4, 0.5) is 0 Å². The van der Waals surface area contributed by atoms with Crippen LogP contribution >= 0.6 is 0 Å². The van der Waals surface area contributed by atoms with E-state index in [1.54, 1.807) is 0 Å². The third-order valence-electron chi connectivity index (χ3n) is 6.66. The lowest BCUT2D eigenvalue weighted by Gasteiger charge is -2.08. The highest BCUT2D eigenvalue weighted by Crippen LogP contribution is 2.38. The lowest BCUT2D eigenvalue weighted by Crippen LogP contribution is -1.87. The molecule has 0 bridgehead atoms. The van der Waals surface area contributed by atoms with Crippen molar-refractivity contribution < 1.29 is 8.83 Å². The highest BCUT2D eigenvalue weighted by molar-refractivity contribution is 6.10. The van der Waals surface area contributed by atoms with Crippen LogP contribution in [-0.2, 0) is 12.8 Å². The zero-order valence-electron chi connectivity index (χ0n) is 20.6. The Bertz CT molecular complexity index is 1640. The molecule has 0 saturated carbocycles. The van der Waals surface area contributed by atoms with Crippen molar-refractivity contribution in [2.75, 3.05) is 0 Å². The fraction of sp³-hybridized carbons (Fsp3) is 0.188. The van der Waals surface area contributed by atoms with E-state index in [0.717, 1.165) is 59.1 Å². The molecule has 0 saturated heterocycles. The fourth-order valence-electron chi connectivity index (χ4n) is 4.91. The highest BCUT2D eigenvalue weighted by atomic mass is 16.4. The highest BCUT2D eigenvalue weighted by Gasteiger charge is 2.16. The van der Waals surface area contributed by atoms with Gasteiger partial charge in [0.25, 0.3) is 0 Å². The van der Waals surface area contributed by atoms with Gasteiger partial charge in [0.15, 0.2) is 0 Å². The molecule has 2 heterocycles. The Morgan fingerprint density at radius 3 is 1.94 bits per heavy atom. The summed E-state index contributed by atoms with van der Waals surface area (Å²) in [5.41, 5.74) is 8.60. The molecule has 0 radical (unpaired) electrons. The molecule has 0 aliphatic rings. The largest absolute Gasteiger partial charge is 0.455 e. The Balaban J connectivity index is 1.41. The molecule has 0 aliphatic heterocycles. The number of aromatic nitrogens is 2. The molecule has 0 fully saturated rings. The van der Waals surface area contributed by atoms with Gasteiger partial charge < -0.3 is 8.83 Å². The third-order valence-corrected chi connectivity index (χ3v) is 6.66. The van der Waals surface area contributed by atoms with Crippen molar-refractivity contribution in [3.05, 3.63) is 96.1 Å². The minimum atomic E-state index is 0.512. The number of hydrogen-bond acceptors (Lipinski definition) is 4. The van der Waals surface area contributed by atoms with Gasteiger partial charge in [-0.05, 0) is 78.1 Å². The molecule has 4 heteroatoms. The second-order valence-electron chi connectivity index (χ2n) is 9.31. The zero-order chi connectivity index (χ0) is 24.5. The van der Waals surface area contributed by atoms with Gasteiger partial charge in [0.2, 0.25) is 11.8 Å². The van der Waals surface area contributed by atoms with Gasteiger partial charge in [0.1, 0.15) is 11.2 Å². The van der Waals surface area contributed by atoms with Crippen molar-refractivity contribution in [2.45, 2.75) is 39.5 Å². The Hall–Kier alpha value is -4.18. The molecule has 0 unspecified atom stereocenters. The lowest BCUT2D eigenvalue weighted by molar-refractivity contribution is 0.584. The van der Waals surface area contributed by atoms with Crippen LogP contribution in [-0.4, -0.2) is 10.2 Å². The maximum atomic E-state index is 6.43. The minimum Gasteiger partial charge on any atom is -0.455 e. The molecule has 0 atom stereocenters. The number of furan rings is 1. The van der Waals surface area contributed by atoms with Gasteiger partial charge in [-0.3, -0.25) is 0 Å². The molecule has 6 rings (SSSR count). The summed E-state index contributed by atoms with van der Waals surface area (Å²) in [6.45, 7) is 4.44. The standard InChI is InChI=1S/C32H28N2O2/c1-3-8-21-12-17-29-27(18-21)28-20-22(9-4-2)19-26(30(28)35-29)23-13-15-25(16-14-23)32-34-33-31(36-32)24-10-6-5-7-11-24/h5-7,10-20H,3-4,8-9H2,1-2H3. The summed E-state index contributed by atoms with van der Waals surface area (Å²) in [5.74, 6) is 1.03. The van der Waals surface area contributed by atoms with E-state index < -0.39 is 0 Å². The van der Waals surface area contributed by atoms with E-state index >= 15 is 0 Å². The molecule has 6 aromatic rings. The van der Waals surface area contributed by atoms with Crippen LogP contribution in [0.2, 0.25) is 0 Å². The first-order chi connectivity index (χ1) is 17.7. The van der Waals surface area contributed by atoms with Crippen molar-refractivity contribution >= 4 is 21.9 Å². The summed E-state index contributed by atoms with van der Waals surface area (Å²) in [5, 5.41) is 10.9. The normalized spacial score (nSPS) is 11.5. The van der Waals surface area contributed by atoms with Gasteiger partial charge in [-0.1, -0.05) is 63.1 Å². The van der Waals surface area contributed by atoms with Crippen molar-refractivity contribution in [3.63, 3.8) is 0 Å². The molecule has 4 nitrogen and oxygen atoms in total. The quantitative estimate of drug-likeness (QED) is 0.233. The van der Waals surface area contributed by atoms with Gasteiger partial charge in [-0.15, -0.1) is 10.2 Å². The molecule has 36 heavy (non-hydrogen) atoms. The lowest BCUT2D eigenvalue weighted by atomic mass is 9.96. The average Bonchev–Trinajstić information content (AvgIpc) is 3.55. The van der Waals surface area contributed by atoms with E-state index in [-0.39, 0.29) is 0 Å². The van der Waals surface area contributed by atoms with Crippen LogP contribution in [0.3, 0.4) is 0 Å². The molecule has 2 aromatic heterocycles. The first-order valence-electron chi connectivity index (χ1n) is 12.7. The summed E-state index contributed by atoms with van der Waals surface area (Å²) < 4.78 is 12.4. The first-order valence-corrected chi connectivity index (χ1v) is 12.7. The number of nitrogens with zero attached hydrogens (tertiary/aromatic N) is 2. The predicted molar refractivity (Wildman–Crippen MR) is 146 cm³/mol. The SMILES string of the molecule is CCCc1ccc2oc3c(-c4ccc(-c5nnc(-c6ccccc6)o5)cc4)cc(CCC)cc3c2c1. The number of fused-ring (bicyclic) bond motifs is 3. The van der Waals surface area contributed by atoms with Gasteiger partial charge in [0, 0.05) is 27.5 Å². The third kappa shape index (κ3) is 4.09. The van der Waals surface area contributed by atoms with E-state index in [2.05, 4.69) is 66.5 Å². The summed E-state index contributed by atoms with van der Waals surface area (Å²) >= 11 is 0. The van der Waals surface area contributed by atoms with Crippen molar-refractivity contribution in [1.82, 2.24) is 10.2 Å². The van der Waals surface area contributed by atoms with Crippen LogP contribution in [0.1, 0.15) is 37.8 Å². The molecular weight excluding hydrogens is 444 g/mol. The number of rotatable bonds is 7. The van der Waals surface area contributed by atoms with Crippen LogP contribution in [0.5, 0.6) is 0 Å². The molecule has 0 N–H and O–H groups in total. The monoisotopic (exact) mass is 472 g/mol. The molecule has 0 spiro atoms. The number of benzene rings is 4. The Morgan fingerprint density at radius 1 is 0.583 bits per heavy atom. The van der Waals surface area contributed by atoms with Gasteiger partial charge in [-0.2, -0.15) is 0 Å². The molecule has 4 aromatic carbocycles. The topological polar surface area (TPSA) is 52.1 Å².